The van der Waals surface area contributed by atoms with Gasteiger partial charge in [0.2, 0.25) is 0 Å². The van der Waals surface area contributed by atoms with Crippen LogP contribution < -0.4 is 5.73 Å². The van der Waals surface area contributed by atoms with E-state index in [1.807, 2.05) is 48.5 Å². The first-order chi connectivity index (χ1) is 10.2. The van der Waals surface area contributed by atoms with Crippen molar-refractivity contribution in [3.05, 3.63) is 71.8 Å². The van der Waals surface area contributed by atoms with Crippen molar-refractivity contribution in [2.45, 2.75) is 25.8 Å². The Morgan fingerprint density at radius 2 is 1.62 bits per heavy atom. The lowest BCUT2D eigenvalue weighted by atomic mass is 10.0. The van der Waals surface area contributed by atoms with Crippen LogP contribution in [0.5, 0.6) is 0 Å². The molecule has 0 heterocycles. The second-order valence-electron chi connectivity index (χ2n) is 5.10. The Morgan fingerprint density at radius 3 is 2.14 bits per heavy atom. The third-order valence-corrected chi connectivity index (χ3v) is 3.71. The molecule has 2 N–H and O–H groups in total. The quantitative estimate of drug-likeness (QED) is 0.861. The molecule has 0 aliphatic heterocycles. The van der Waals surface area contributed by atoms with Gasteiger partial charge >= 0.3 is 6.03 Å². The molecule has 0 aliphatic rings. The summed E-state index contributed by atoms with van der Waals surface area (Å²) in [4.78, 5) is 13.6. The summed E-state index contributed by atoms with van der Waals surface area (Å²) in [7, 11) is 0. The summed E-state index contributed by atoms with van der Waals surface area (Å²) in [6, 6.07) is 19.9. The number of urea groups is 1. The van der Waals surface area contributed by atoms with Gasteiger partial charge in [0, 0.05) is 6.54 Å². The van der Waals surface area contributed by atoms with E-state index in [-0.39, 0.29) is 12.1 Å². The first kappa shape index (κ1) is 15.1. The number of rotatable bonds is 6. The number of nitrogens with zero attached hydrogens (tertiary/aromatic N) is 1. The lowest BCUT2D eigenvalue weighted by Gasteiger charge is -2.30. The molecule has 21 heavy (non-hydrogen) atoms. The van der Waals surface area contributed by atoms with Gasteiger partial charge in [0.25, 0.3) is 0 Å². The molecular formula is C18H22N2O. The second-order valence-corrected chi connectivity index (χ2v) is 5.10. The van der Waals surface area contributed by atoms with Crippen LogP contribution in [0.3, 0.4) is 0 Å². The SMILES string of the molecule is CCC(c1ccccc1)N(CCc1ccccc1)C(N)=O. The summed E-state index contributed by atoms with van der Waals surface area (Å²) in [5.74, 6) is 0. The monoisotopic (exact) mass is 282 g/mol. The first-order valence-corrected chi connectivity index (χ1v) is 7.37. The van der Waals surface area contributed by atoms with Crippen LogP contribution in [0.1, 0.15) is 30.5 Å². The van der Waals surface area contributed by atoms with E-state index in [2.05, 4.69) is 19.1 Å². The van der Waals surface area contributed by atoms with Crippen LogP contribution in [0.15, 0.2) is 60.7 Å². The normalized spacial score (nSPS) is 11.9. The molecule has 2 amide bonds. The molecule has 2 rings (SSSR count). The number of nitrogens with two attached hydrogens (primary N) is 1. The highest BCUT2D eigenvalue weighted by molar-refractivity contribution is 5.72. The molecule has 0 saturated heterocycles. The fourth-order valence-electron chi connectivity index (χ4n) is 2.63. The Balaban J connectivity index is 2.12. The van der Waals surface area contributed by atoms with Gasteiger partial charge in [-0.25, -0.2) is 4.79 Å². The number of carbonyl (C=O) groups is 1. The number of amides is 2. The molecule has 3 heteroatoms. The molecule has 0 aliphatic carbocycles. The average molecular weight is 282 g/mol. The molecule has 2 aromatic rings. The summed E-state index contributed by atoms with van der Waals surface area (Å²) in [5.41, 5.74) is 7.95. The summed E-state index contributed by atoms with van der Waals surface area (Å²) >= 11 is 0. The summed E-state index contributed by atoms with van der Waals surface area (Å²) in [6.45, 7) is 2.71. The minimum absolute atomic E-state index is 0.0346. The van der Waals surface area contributed by atoms with Crippen LogP contribution in [-0.4, -0.2) is 17.5 Å². The van der Waals surface area contributed by atoms with Crippen molar-refractivity contribution in [1.29, 1.82) is 0 Å². The summed E-state index contributed by atoms with van der Waals surface area (Å²) in [5, 5.41) is 0. The molecular weight excluding hydrogens is 260 g/mol. The van der Waals surface area contributed by atoms with Gasteiger partial charge in [-0.3, -0.25) is 0 Å². The van der Waals surface area contributed by atoms with Crippen molar-refractivity contribution in [2.24, 2.45) is 5.73 Å². The predicted molar refractivity (Wildman–Crippen MR) is 85.9 cm³/mol. The minimum atomic E-state index is -0.360. The fraction of sp³-hybridized carbons (Fsp3) is 0.278. The van der Waals surface area contributed by atoms with Crippen molar-refractivity contribution >= 4 is 6.03 Å². The smallest absolute Gasteiger partial charge is 0.315 e. The maximum atomic E-state index is 11.8. The Labute approximate surface area is 126 Å². The zero-order valence-electron chi connectivity index (χ0n) is 12.4. The highest BCUT2D eigenvalue weighted by Crippen LogP contribution is 2.24. The van der Waals surface area contributed by atoms with Crippen LogP contribution in [-0.2, 0) is 6.42 Å². The zero-order chi connectivity index (χ0) is 15.1. The van der Waals surface area contributed by atoms with Gasteiger partial charge in [-0.2, -0.15) is 0 Å². The number of carbonyl (C=O) groups excluding carboxylic acids is 1. The average Bonchev–Trinajstić information content (AvgIpc) is 2.53. The molecule has 1 atom stereocenters. The molecule has 0 saturated carbocycles. The Morgan fingerprint density at radius 1 is 1.05 bits per heavy atom. The van der Waals surface area contributed by atoms with E-state index in [0.29, 0.717) is 6.54 Å². The van der Waals surface area contributed by atoms with E-state index >= 15 is 0 Å². The van der Waals surface area contributed by atoms with E-state index in [1.165, 1.54) is 5.56 Å². The molecule has 0 bridgehead atoms. The Hall–Kier alpha value is -2.29. The molecule has 0 spiro atoms. The van der Waals surface area contributed by atoms with E-state index in [1.54, 1.807) is 4.90 Å². The molecule has 110 valence electrons. The molecule has 0 fully saturated rings. The van der Waals surface area contributed by atoms with Crippen LogP contribution in [0.25, 0.3) is 0 Å². The first-order valence-electron chi connectivity index (χ1n) is 7.37. The minimum Gasteiger partial charge on any atom is -0.351 e. The number of benzene rings is 2. The summed E-state index contributed by atoms with van der Waals surface area (Å²) < 4.78 is 0. The van der Waals surface area contributed by atoms with Crippen molar-refractivity contribution < 1.29 is 4.79 Å². The molecule has 0 aromatic heterocycles. The van der Waals surface area contributed by atoms with E-state index < -0.39 is 0 Å². The molecule has 3 nitrogen and oxygen atoms in total. The van der Waals surface area contributed by atoms with Crippen LogP contribution in [0.2, 0.25) is 0 Å². The lowest BCUT2D eigenvalue weighted by Crippen LogP contribution is -2.40. The van der Waals surface area contributed by atoms with Crippen LogP contribution in [0, 0.1) is 0 Å². The van der Waals surface area contributed by atoms with Crippen LogP contribution >= 0.6 is 0 Å². The van der Waals surface area contributed by atoms with Gasteiger partial charge in [0.15, 0.2) is 0 Å². The van der Waals surface area contributed by atoms with Crippen molar-refractivity contribution in [1.82, 2.24) is 4.90 Å². The topological polar surface area (TPSA) is 46.3 Å². The third kappa shape index (κ3) is 4.09. The highest BCUT2D eigenvalue weighted by atomic mass is 16.2. The van der Waals surface area contributed by atoms with Gasteiger partial charge in [-0.15, -0.1) is 0 Å². The number of hydrogen-bond donors (Lipinski definition) is 1. The maximum absolute atomic E-state index is 11.8. The number of hydrogen-bond acceptors (Lipinski definition) is 1. The Bertz CT molecular complexity index is 554. The highest BCUT2D eigenvalue weighted by Gasteiger charge is 2.21. The van der Waals surface area contributed by atoms with Crippen molar-refractivity contribution in [2.75, 3.05) is 6.54 Å². The molecule has 0 radical (unpaired) electrons. The van der Waals surface area contributed by atoms with Crippen LogP contribution in [0.4, 0.5) is 4.79 Å². The number of primary amides is 1. The maximum Gasteiger partial charge on any atom is 0.315 e. The Kier molecular flexibility index (Phi) is 5.38. The summed E-state index contributed by atoms with van der Waals surface area (Å²) in [6.07, 6.45) is 1.66. The van der Waals surface area contributed by atoms with Crippen molar-refractivity contribution in [3.8, 4) is 0 Å². The molecule has 1 unspecified atom stereocenters. The van der Waals surface area contributed by atoms with Gasteiger partial charge in [-0.1, -0.05) is 67.6 Å². The zero-order valence-corrected chi connectivity index (χ0v) is 12.4. The predicted octanol–water partition coefficient (Wildman–Crippen LogP) is 3.76. The van der Waals surface area contributed by atoms with Gasteiger partial charge in [-0.05, 0) is 24.0 Å². The van der Waals surface area contributed by atoms with E-state index in [9.17, 15) is 4.79 Å². The van der Waals surface area contributed by atoms with Gasteiger partial charge < -0.3 is 10.6 Å². The van der Waals surface area contributed by atoms with Gasteiger partial charge in [0.1, 0.15) is 0 Å². The van der Waals surface area contributed by atoms with E-state index in [0.717, 1.165) is 18.4 Å². The molecule has 2 aromatic carbocycles. The third-order valence-electron chi connectivity index (χ3n) is 3.71. The van der Waals surface area contributed by atoms with Crippen molar-refractivity contribution in [3.63, 3.8) is 0 Å². The fourth-order valence-corrected chi connectivity index (χ4v) is 2.63. The van der Waals surface area contributed by atoms with Gasteiger partial charge in [0.05, 0.1) is 6.04 Å². The standard InChI is InChI=1S/C18H22N2O/c1-2-17(16-11-7-4-8-12-16)20(18(19)21)14-13-15-9-5-3-6-10-15/h3-12,17H,2,13-14H2,1H3,(H2,19,21). The lowest BCUT2D eigenvalue weighted by molar-refractivity contribution is 0.182. The largest absolute Gasteiger partial charge is 0.351 e. The van der Waals surface area contributed by atoms with E-state index in [4.69, 9.17) is 5.73 Å². The second kappa shape index (κ2) is 7.48.